The summed E-state index contributed by atoms with van der Waals surface area (Å²) in [5.41, 5.74) is 0. The van der Waals surface area contributed by atoms with Gasteiger partial charge in [-0.1, -0.05) is 6.92 Å². The Labute approximate surface area is 129 Å². The fraction of sp³-hybridized carbons (Fsp3) is 0.714. The smallest absolute Gasteiger partial charge is 0.262 e. The van der Waals surface area contributed by atoms with Gasteiger partial charge < -0.3 is 25.0 Å². The Bertz CT molecular complexity index is 504. The molecule has 8 nitrogen and oxygen atoms in total. The molecule has 1 aromatic heterocycles. The van der Waals surface area contributed by atoms with E-state index < -0.39 is 24.5 Å². The number of rotatable bonds is 5. The van der Waals surface area contributed by atoms with Crippen LogP contribution >= 0.6 is 0 Å². The minimum absolute atomic E-state index is 0.137. The molecule has 1 saturated heterocycles. The number of ether oxygens (including phenoxy) is 2. The van der Waals surface area contributed by atoms with Crippen LogP contribution < -0.4 is 9.88 Å². The molecular weight excluding hydrogens is 290 g/mol. The van der Waals surface area contributed by atoms with Gasteiger partial charge in [-0.2, -0.15) is 0 Å². The first-order valence-corrected chi connectivity index (χ1v) is 7.23. The number of amides is 1. The standard InChI is InChI=1S/C14H23N3O5/c1-9-10(7-18)22-14(21-3)12(13(9)20)15-11(19)6-17-5-4-16(2)8-17/h4-5,8-10,12-14,18,20H,6-7H2,1-3H3/p+1. The first kappa shape index (κ1) is 16.9. The summed E-state index contributed by atoms with van der Waals surface area (Å²) in [5.74, 6) is -0.563. The zero-order valence-electron chi connectivity index (χ0n) is 13.0. The van der Waals surface area contributed by atoms with Crippen molar-refractivity contribution < 1.29 is 29.0 Å². The number of methoxy groups -OCH3 is 1. The number of nitrogens with one attached hydrogen (secondary N) is 1. The van der Waals surface area contributed by atoms with Crippen molar-refractivity contribution >= 4 is 5.91 Å². The lowest BCUT2D eigenvalue weighted by Crippen LogP contribution is -2.62. The van der Waals surface area contributed by atoms with Gasteiger partial charge in [-0.3, -0.25) is 4.79 Å². The molecule has 0 aromatic carbocycles. The maximum Gasteiger partial charge on any atom is 0.262 e. The van der Waals surface area contributed by atoms with Crippen LogP contribution in [0.3, 0.4) is 0 Å². The summed E-state index contributed by atoms with van der Waals surface area (Å²) in [6, 6.07) is -0.681. The maximum absolute atomic E-state index is 12.1. The van der Waals surface area contributed by atoms with Crippen molar-refractivity contribution in [2.45, 2.75) is 38.0 Å². The number of aliphatic hydroxyl groups excluding tert-OH is 2. The molecule has 0 saturated carbocycles. The quantitative estimate of drug-likeness (QED) is 0.555. The third-order valence-corrected chi connectivity index (χ3v) is 3.99. The summed E-state index contributed by atoms with van der Waals surface area (Å²) >= 11 is 0. The summed E-state index contributed by atoms with van der Waals surface area (Å²) < 4.78 is 14.3. The van der Waals surface area contributed by atoms with E-state index in [-0.39, 0.29) is 25.0 Å². The van der Waals surface area contributed by atoms with Crippen LogP contribution in [0.1, 0.15) is 6.92 Å². The second kappa shape index (κ2) is 7.19. The molecule has 2 rings (SSSR count). The van der Waals surface area contributed by atoms with E-state index in [1.807, 2.05) is 17.8 Å². The number of nitrogens with zero attached hydrogens (tertiary/aromatic N) is 2. The number of imidazole rings is 1. The van der Waals surface area contributed by atoms with E-state index in [0.29, 0.717) is 0 Å². The van der Waals surface area contributed by atoms with Crippen LogP contribution in [0.2, 0.25) is 0 Å². The van der Waals surface area contributed by atoms with Crippen LogP contribution in [0.15, 0.2) is 18.7 Å². The summed E-state index contributed by atoms with van der Waals surface area (Å²) in [6.07, 6.45) is 3.22. The van der Waals surface area contributed by atoms with Gasteiger partial charge in [0.25, 0.3) is 5.91 Å². The molecule has 1 fully saturated rings. The first-order valence-electron chi connectivity index (χ1n) is 7.23. The van der Waals surface area contributed by atoms with Gasteiger partial charge >= 0.3 is 0 Å². The zero-order chi connectivity index (χ0) is 16.3. The lowest BCUT2D eigenvalue weighted by molar-refractivity contribution is -0.671. The third-order valence-electron chi connectivity index (χ3n) is 3.99. The number of aromatic nitrogens is 2. The van der Waals surface area contributed by atoms with E-state index in [1.54, 1.807) is 24.0 Å². The predicted octanol–water partition coefficient (Wildman–Crippen LogP) is -1.84. The summed E-state index contributed by atoms with van der Waals surface area (Å²) in [7, 11) is 3.30. The van der Waals surface area contributed by atoms with E-state index in [9.17, 15) is 15.0 Å². The molecular formula is C14H24N3O5+. The molecule has 3 N–H and O–H groups in total. The van der Waals surface area contributed by atoms with Crippen molar-refractivity contribution in [1.29, 1.82) is 0 Å². The highest BCUT2D eigenvalue weighted by Crippen LogP contribution is 2.26. The van der Waals surface area contributed by atoms with Crippen molar-refractivity contribution in [3.63, 3.8) is 0 Å². The van der Waals surface area contributed by atoms with Crippen LogP contribution in [-0.4, -0.2) is 58.9 Å². The molecule has 5 atom stereocenters. The highest BCUT2D eigenvalue weighted by molar-refractivity contribution is 5.76. The average molecular weight is 314 g/mol. The Morgan fingerprint density at radius 1 is 1.55 bits per heavy atom. The molecule has 1 amide bonds. The van der Waals surface area contributed by atoms with Crippen LogP contribution in [0.25, 0.3) is 0 Å². The summed E-state index contributed by atoms with van der Waals surface area (Å²) in [4.78, 5) is 12.1. The van der Waals surface area contributed by atoms with E-state index in [1.165, 1.54) is 7.11 Å². The average Bonchev–Trinajstić information content (AvgIpc) is 2.89. The Kier molecular flexibility index (Phi) is 5.52. The predicted molar refractivity (Wildman–Crippen MR) is 75.5 cm³/mol. The largest absolute Gasteiger partial charge is 0.394 e. The molecule has 124 valence electrons. The third kappa shape index (κ3) is 3.64. The molecule has 2 heterocycles. The van der Waals surface area contributed by atoms with Gasteiger partial charge in [-0.05, 0) is 0 Å². The molecule has 0 spiro atoms. The van der Waals surface area contributed by atoms with Crippen LogP contribution in [0.5, 0.6) is 0 Å². The summed E-state index contributed by atoms with van der Waals surface area (Å²) in [5, 5.41) is 22.4. The Hall–Kier alpha value is -1.48. The van der Waals surface area contributed by atoms with Gasteiger partial charge in [0.15, 0.2) is 12.8 Å². The number of hydrogen-bond donors (Lipinski definition) is 3. The highest BCUT2D eigenvalue weighted by atomic mass is 16.7. The van der Waals surface area contributed by atoms with Crippen molar-refractivity contribution in [3.05, 3.63) is 18.7 Å². The first-order chi connectivity index (χ1) is 10.5. The molecule has 1 aliphatic rings. The van der Waals surface area contributed by atoms with Gasteiger partial charge in [0.1, 0.15) is 18.4 Å². The molecule has 1 aromatic rings. The molecule has 0 radical (unpaired) electrons. The minimum atomic E-state index is -0.861. The van der Waals surface area contributed by atoms with Gasteiger partial charge in [-0.25, -0.2) is 9.13 Å². The minimum Gasteiger partial charge on any atom is -0.394 e. The van der Waals surface area contributed by atoms with Gasteiger partial charge in [0, 0.05) is 13.0 Å². The zero-order valence-corrected chi connectivity index (χ0v) is 13.0. The van der Waals surface area contributed by atoms with Crippen LogP contribution in [-0.2, 0) is 27.9 Å². The fourth-order valence-electron chi connectivity index (χ4n) is 2.65. The molecule has 1 aliphatic heterocycles. The van der Waals surface area contributed by atoms with E-state index in [2.05, 4.69) is 5.32 Å². The highest BCUT2D eigenvalue weighted by Gasteiger charge is 2.43. The second-order valence-electron chi connectivity index (χ2n) is 5.66. The molecule has 22 heavy (non-hydrogen) atoms. The van der Waals surface area contributed by atoms with Crippen molar-refractivity contribution in [2.75, 3.05) is 13.7 Å². The van der Waals surface area contributed by atoms with E-state index in [4.69, 9.17) is 9.47 Å². The number of hydrogen-bond acceptors (Lipinski definition) is 5. The number of carbonyl (C=O) groups excluding carboxylic acids is 1. The fourth-order valence-corrected chi connectivity index (χ4v) is 2.65. The van der Waals surface area contributed by atoms with Gasteiger partial charge in [0.2, 0.25) is 6.33 Å². The topological polar surface area (TPSA) is 96.8 Å². The van der Waals surface area contributed by atoms with E-state index in [0.717, 1.165) is 0 Å². The Morgan fingerprint density at radius 2 is 2.27 bits per heavy atom. The van der Waals surface area contributed by atoms with Crippen molar-refractivity contribution in [3.8, 4) is 0 Å². The van der Waals surface area contributed by atoms with Gasteiger partial charge in [0.05, 0.1) is 25.9 Å². The van der Waals surface area contributed by atoms with Gasteiger partial charge in [-0.15, -0.1) is 0 Å². The van der Waals surface area contributed by atoms with Crippen molar-refractivity contribution in [1.82, 2.24) is 9.88 Å². The maximum atomic E-state index is 12.1. The molecule has 8 heteroatoms. The molecule has 0 aliphatic carbocycles. The van der Waals surface area contributed by atoms with Crippen LogP contribution in [0, 0.1) is 5.92 Å². The SMILES string of the molecule is COC1OC(CO)C(C)C(O)C1NC(=O)Cn1cc[n+](C)c1. The molecule has 5 unspecified atom stereocenters. The Balaban J connectivity index is 2.01. The normalized spacial score (nSPS) is 32.0. The lowest BCUT2D eigenvalue weighted by Gasteiger charge is -2.42. The monoisotopic (exact) mass is 314 g/mol. The van der Waals surface area contributed by atoms with Crippen molar-refractivity contribution in [2.24, 2.45) is 13.0 Å². The Morgan fingerprint density at radius 3 is 2.82 bits per heavy atom. The lowest BCUT2D eigenvalue weighted by atomic mass is 9.89. The van der Waals surface area contributed by atoms with Crippen LogP contribution in [0.4, 0.5) is 0 Å². The second-order valence-corrected chi connectivity index (χ2v) is 5.66. The number of aryl methyl sites for hydroxylation is 1. The number of aliphatic hydroxyl groups is 2. The molecule has 0 bridgehead atoms. The summed E-state index contributed by atoms with van der Waals surface area (Å²) in [6.45, 7) is 1.69. The number of carbonyl (C=O) groups is 1. The van der Waals surface area contributed by atoms with E-state index >= 15 is 0 Å².